The van der Waals surface area contributed by atoms with E-state index in [1.54, 1.807) is 7.11 Å². The fourth-order valence-electron chi connectivity index (χ4n) is 1.43. The maximum atomic E-state index is 5.19. The van der Waals surface area contributed by atoms with Crippen molar-refractivity contribution in [1.29, 1.82) is 0 Å². The van der Waals surface area contributed by atoms with Crippen molar-refractivity contribution in [3.63, 3.8) is 0 Å². The molecule has 0 aliphatic carbocycles. The minimum atomic E-state index is 0.862. The second-order valence-electron chi connectivity index (χ2n) is 3.67. The number of nitrogens with one attached hydrogen (secondary N) is 1. The molecule has 16 heavy (non-hydrogen) atoms. The van der Waals surface area contributed by atoms with Crippen LogP contribution < -0.4 is 10.1 Å². The minimum absolute atomic E-state index is 0.862. The van der Waals surface area contributed by atoms with E-state index in [2.05, 4.69) is 53.3 Å². The van der Waals surface area contributed by atoms with Crippen LogP contribution in [0.2, 0.25) is 0 Å². The van der Waals surface area contributed by atoms with E-state index in [1.165, 1.54) is 11.1 Å². The van der Waals surface area contributed by atoms with Crippen molar-refractivity contribution in [3.05, 3.63) is 33.8 Å². The third-order valence-electron chi connectivity index (χ3n) is 2.24. The second kappa shape index (κ2) is 6.71. The fraction of sp³-hybridized carbons (Fsp3) is 0.385. The normalized spacial score (nSPS) is 11.6. The summed E-state index contributed by atoms with van der Waals surface area (Å²) in [6.45, 7) is 6.16. The highest BCUT2D eigenvalue weighted by molar-refractivity contribution is 9.10. The molecule has 0 saturated carbocycles. The molecule has 0 saturated heterocycles. The molecule has 0 atom stereocenters. The Bertz CT molecular complexity index is 374. The van der Waals surface area contributed by atoms with Gasteiger partial charge in [-0.2, -0.15) is 0 Å². The first-order valence-electron chi connectivity index (χ1n) is 5.38. The highest BCUT2D eigenvalue weighted by atomic mass is 79.9. The standard InChI is InChI=1S/C13H18BrNO/c1-4-15-9-10(2)7-11-5-6-13(16-3)12(14)8-11/h5-8,15H,4,9H2,1-3H3. The van der Waals surface area contributed by atoms with E-state index in [-0.39, 0.29) is 0 Å². The van der Waals surface area contributed by atoms with Crippen LogP contribution in [0.5, 0.6) is 5.75 Å². The Labute approximate surface area is 106 Å². The Hall–Kier alpha value is -0.800. The minimum Gasteiger partial charge on any atom is -0.496 e. The zero-order valence-electron chi connectivity index (χ0n) is 10.0. The highest BCUT2D eigenvalue weighted by Crippen LogP contribution is 2.26. The van der Waals surface area contributed by atoms with E-state index in [9.17, 15) is 0 Å². The van der Waals surface area contributed by atoms with Crippen LogP contribution in [0.25, 0.3) is 6.08 Å². The Morgan fingerprint density at radius 3 is 2.81 bits per heavy atom. The number of methoxy groups -OCH3 is 1. The summed E-state index contributed by atoms with van der Waals surface area (Å²) >= 11 is 3.48. The Morgan fingerprint density at radius 1 is 1.50 bits per heavy atom. The quantitative estimate of drug-likeness (QED) is 0.894. The van der Waals surface area contributed by atoms with Gasteiger partial charge in [0.25, 0.3) is 0 Å². The summed E-state index contributed by atoms with van der Waals surface area (Å²) < 4.78 is 6.18. The van der Waals surface area contributed by atoms with E-state index in [0.29, 0.717) is 0 Å². The Balaban J connectivity index is 2.77. The average Bonchev–Trinajstić information content (AvgIpc) is 2.26. The Morgan fingerprint density at radius 2 is 2.25 bits per heavy atom. The van der Waals surface area contributed by atoms with Crippen molar-refractivity contribution >= 4 is 22.0 Å². The van der Waals surface area contributed by atoms with E-state index < -0.39 is 0 Å². The molecule has 2 nitrogen and oxygen atoms in total. The summed E-state index contributed by atoms with van der Waals surface area (Å²) in [5.74, 6) is 0.862. The van der Waals surface area contributed by atoms with Crippen molar-refractivity contribution in [3.8, 4) is 5.75 Å². The van der Waals surface area contributed by atoms with Gasteiger partial charge in [-0.05, 0) is 47.1 Å². The van der Waals surface area contributed by atoms with Gasteiger partial charge >= 0.3 is 0 Å². The van der Waals surface area contributed by atoms with Crippen LogP contribution in [-0.2, 0) is 0 Å². The van der Waals surface area contributed by atoms with Crippen molar-refractivity contribution in [2.75, 3.05) is 20.2 Å². The molecule has 0 fully saturated rings. The molecule has 0 bridgehead atoms. The second-order valence-corrected chi connectivity index (χ2v) is 4.52. The molecular weight excluding hydrogens is 266 g/mol. The number of halogens is 1. The summed E-state index contributed by atoms with van der Waals surface area (Å²) in [6.07, 6.45) is 2.17. The van der Waals surface area contributed by atoms with Crippen LogP contribution in [0.1, 0.15) is 19.4 Å². The topological polar surface area (TPSA) is 21.3 Å². The summed E-state index contributed by atoms with van der Waals surface area (Å²) in [4.78, 5) is 0. The lowest BCUT2D eigenvalue weighted by atomic mass is 10.1. The molecule has 0 amide bonds. The molecule has 0 aliphatic rings. The number of ether oxygens (including phenoxy) is 1. The van der Waals surface area contributed by atoms with Crippen LogP contribution in [0.4, 0.5) is 0 Å². The van der Waals surface area contributed by atoms with Crippen LogP contribution in [0.15, 0.2) is 28.2 Å². The fourth-order valence-corrected chi connectivity index (χ4v) is 1.99. The number of rotatable bonds is 5. The van der Waals surface area contributed by atoms with E-state index >= 15 is 0 Å². The first-order chi connectivity index (χ1) is 7.67. The van der Waals surface area contributed by atoms with Crippen LogP contribution in [-0.4, -0.2) is 20.2 Å². The van der Waals surface area contributed by atoms with Crippen molar-refractivity contribution in [2.24, 2.45) is 0 Å². The summed E-state index contributed by atoms with van der Waals surface area (Å²) in [7, 11) is 1.67. The first-order valence-corrected chi connectivity index (χ1v) is 6.18. The van der Waals surface area contributed by atoms with E-state index in [4.69, 9.17) is 4.74 Å². The molecule has 1 aromatic rings. The largest absolute Gasteiger partial charge is 0.496 e. The van der Waals surface area contributed by atoms with Gasteiger partial charge in [0.1, 0.15) is 5.75 Å². The van der Waals surface area contributed by atoms with Gasteiger partial charge in [-0.15, -0.1) is 0 Å². The van der Waals surface area contributed by atoms with Gasteiger partial charge in [0.05, 0.1) is 11.6 Å². The maximum Gasteiger partial charge on any atom is 0.133 e. The molecule has 0 unspecified atom stereocenters. The zero-order chi connectivity index (χ0) is 12.0. The smallest absolute Gasteiger partial charge is 0.133 e. The highest BCUT2D eigenvalue weighted by Gasteiger charge is 1.99. The van der Waals surface area contributed by atoms with Crippen molar-refractivity contribution in [2.45, 2.75) is 13.8 Å². The van der Waals surface area contributed by atoms with Crippen LogP contribution in [0.3, 0.4) is 0 Å². The molecule has 0 heterocycles. The van der Waals surface area contributed by atoms with Crippen molar-refractivity contribution in [1.82, 2.24) is 5.32 Å². The lowest BCUT2D eigenvalue weighted by Crippen LogP contribution is -2.14. The molecule has 0 spiro atoms. The first kappa shape index (κ1) is 13.3. The third kappa shape index (κ3) is 3.99. The Kier molecular flexibility index (Phi) is 5.56. The third-order valence-corrected chi connectivity index (χ3v) is 2.86. The summed E-state index contributed by atoms with van der Waals surface area (Å²) in [5, 5.41) is 3.30. The number of hydrogen-bond acceptors (Lipinski definition) is 2. The maximum absolute atomic E-state index is 5.19. The average molecular weight is 284 g/mol. The van der Waals surface area contributed by atoms with Crippen LogP contribution in [0, 0.1) is 0 Å². The van der Waals surface area contributed by atoms with Crippen molar-refractivity contribution < 1.29 is 4.74 Å². The van der Waals surface area contributed by atoms with Gasteiger partial charge < -0.3 is 10.1 Å². The number of likely N-dealkylation sites (N-methyl/N-ethyl adjacent to an activating group) is 1. The summed E-state index contributed by atoms with van der Waals surface area (Å²) in [5.41, 5.74) is 2.50. The molecule has 1 rings (SSSR count). The van der Waals surface area contributed by atoms with E-state index in [0.717, 1.165) is 23.3 Å². The molecule has 0 radical (unpaired) electrons. The molecule has 1 aromatic carbocycles. The lowest BCUT2D eigenvalue weighted by molar-refractivity contribution is 0.412. The predicted molar refractivity (Wildman–Crippen MR) is 72.9 cm³/mol. The molecule has 0 aromatic heterocycles. The molecule has 3 heteroatoms. The predicted octanol–water partition coefficient (Wildman–Crippen LogP) is 3.47. The summed E-state index contributed by atoms with van der Waals surface area (Å²) in [6, 6.07) is 6.09. The van der Waals surface area contributed by atoms with Gasteiger partial charge in [-0.25, -0.2) is 0 Å². The molecule has 88 valence electrons. The van der Waals surface area contributed by atoms with Gasteiger partial charge in [0, 0.05) is 6.54 Å². The van der Waals surface area contributed by atoms with Gasteiger partial charge in [0.15, 0.2) is 0 Å². The molecular formula is C13H18BrNO. The number of benzene rings is 1. The molecule has 0 aliphatic heterocycles. The van der Waals surface area contributed by atoms with Gasteiger partial charge in [-0.1, -0.05) is 24.6 Å². The van der Waals surface area contributed by atoms with E-state index in [1.807, 2.05) is 6.07 Å². The zero-order valence-corrected chi connectivity index (χ0v) is 11.6. The molecule has 1 N–H and O–H groups in total. The van der Waals surface area contributed by atoms with Gasteiger partial charge in [0.2, 0.25) is 0 Å². The number of hydrogen-bond donors (Lipinski definition) is 1. The van der Waals surface area contributed by atoms with Gasteiger partial charge in [-0.3, -0.25) is 0 Å². The SMILES string of the molecule is CCNCC(C)=Cc1ccc(OC)c(Br)c1. The monoisotopic (exact) mass is 283 g/mol. The van der Waals surface area contributed by atoms with Crippen LogP contribution >= 0.6 is 15.9 Å². The lowest BCUT2D eigenvalue weighted by Gasteiger charge is -2.05.